The van der Waals surface area contributed by atoms with Gasteiger partial charge in [0, 0.05) is 43.1 Å². The molecular weight excluding hydrogens is 636 g/mol. The lowest BCUT2D eigenvalue weighted by Crippen LogP contribution is -2.51. The van der Waals surface area contributed by atoms with Crippen LogP contribution in [0.3, 0.4) is 0 Å². The van der Waals surface area contributed by atoms with E-state index in [-0.39, 0.29) is 55.0 Å². The predicted molar refractivity (Wildman–Crippen MR) is 181 cm³/mol. The number of rotatable bonds is 14. The lowest BCUT2D eigenvalue weighted by molar-refractivity contribution is -0.110. The Balaban J connectivity index is 1.40. The molecule has 2 aromatic carbocycles. The first kappa shape index (κ1) is 35.8. The summed E-state index contributed by atoms with van der Waals surface area (Å²) in [6.07, 6.45) is -1.90. The van der Waals surface area contributed by atoms with Crippen molar-refractivity contribution >= 4 is 33.3 Å². The third kappa shape index (κ3) is 7.86. The molecule has 13 heteroatoms. The quantitative estimate of drug-likeness (QED) is 0.253. The number of nitrogens with one attached hydrogen (secondary N) is 2. The van der Waals surface area contributed by atoms with E-state index in [1.165, 1.54) is 16.4 Å². The van der Waals surface area contributed by atoms with E-state index in [9.17, 15) is 23.1 Å². The summed E-state index contributed by atoms with van der Waals surface area (Å²) in [5.41, 5.74) is 3.13. The number of amides is 2. The number of aliphatic hydroxyl groups is 1. The number of hydrogen-bond acceptors (Lipinski definition) is 9. The highest BCUT2D eigenvalue weighted by Gasteiger charge is 2.44. The van der Waals surface area contributed by atoms with Crippen LogP contribution in [-0.2, 0) is 35.4 Å². The van der Waals surface area contributed by atoms with Crippen LogP contribution in [-0.4, -0.2) is 98.7 Å². The summed E-state index contributed by atoms with van der Waals surface area (Å²) in [5, 5.41) is 17.3. The van der Waals surface area contributed by atoms with Gasteiger partial charge in [-0.2, -0.15) is 4.31 Å². The Labute approximate surface area is 283 Å². The Kier molecular flexibility index (Phi) is 11.5. The standard InChI is InChI=1S/C35H48N4O8S/c1-6-38(7-2)23(5)32-27-18-25(13-14-28(27)36-33(32)41)48(43,44)39(19-22(3)4)20-30(40)29(17-24-11-9-8-10-12-24)37-35(42)47-31-21-46-34-26(31)15-16-45-34/h8-14,18,22,26,29-31,34,40H,6-7,15-17,19-21H2,1-5H3,(H,36,41)(H,37,42). The minimum atomic E-state index is -4.15. The zero-order chi connectivity index (χ0) is 34.6. The summed E-state index contributed by atoms with van der Waals surface area (Å²) in [4.78, 5) is 28.3. The molecule has 0 saturated carbocycles. The summed E-state index contributed by atoms with van der Waals surface area (Å²) in [6, 6.07) is 13.1. The normalized spacial score (nSPS) is 22.7. The highest BCUT2D eigenvalue weighted by Crippen LogP contribution is 2.37. The highest BCUT2D eigenvalue weighted by molar-refractivity contribution is 7.89. The van der Waals surface area contributed by atoms with Crippen LogP contribution in [0.15, 0.2) is 59.1 Å². The molecule has 0 aromatic heterocycles. The monoisotopic (exact) mass is 684 g/mol. The number of hydrogen-bond donors (Lipinski definition) is 3. The molecular formula is C35H48N4O8S. The van der Waals surface area contributed by atoms with Crippen molar-refractivity contribution in [3.63, 3.8) is 0 Å². The van der Waals surface area contributed by atoms with Gasteiger partial charge in [-0.15, -0.1) is 0 Å². The van der Waals surface area contributed by atoms with Crippen molar-refractivity contribution in [2.45, 2.75) is 76.9 Å². The molecule has 48 heavy (non-hydrogen) atoms. The van der Waals surface area contributed by atoms with Gasteiger partial charge in [0.1, 0.15) is 6.10 Å². The van der Waals surface area contributed by atoms with Gasteiger partial charge in [-0.05, 0) is 63.3 Å². The largest absolute Gasteiger partial charge is 0.443 e. The van der Waals surface area contributed by atoms with Gasteiger partial charge in [0.05, 0.1) is 41.7 Å². The summed E-state index contributed by atoms with van der Waals surface area (Å²) >= 11 is 0. The summed E-state index contributed by atoms with van der Waals surface area (Å²) in [5.74, 6) is -0.399. The molecule has 3 N–H and O–H groups in total. The molecule has 5 unspecified atom stereocenters. The molecule has 2 saturated heterocycles. The molecule has 5 rings (SSSR count). The number of fused-ring (bicyclic) bond motifs is 2. The van der Waals surface area contributed by atoms with Gasteiger partial charge in [0.2, 0.25) is 10.0 Å². The number of nitrogens with zero attached hydrogens (tertiary/aromatic N) is 2. The number of anilines is 1. The minimum Gasteiger partial charge on any atom is -0.443 e. The molecule has 3 heterocycles. The van der Waals surface area contributed by atoms with Crippen LogP contribution in [0.4, 0.5) is 10.5 Å². The molecule has 262 valence electrons. The van der Waals surface area contributed by atoms with Crippen molar-refractivity contribution in [2.24, 2.45) is 11.8 Å². The first-order chi connectivity index (χ1) is 22.9. The van der Waals surface area contributed by atoms with Gasteiger partial charge in [0.25, 0.3) is 5.91 Å². The molecule has 0 spiro atoms. The van der Waals surface area contributed by atoms with E-state index in [1.807, 2.05) is 65.0 Å². The second kappa shape index (κ2) is 15.4. The van der Waals surface area contributed by atoms with Crippen LogP contribution >= 0.6 is 0 Å². The second-order valence-electron chi connectivity index (χ2n) is 13.0. The van der Waals surface area contributed by atoms with Crippen molar-refractivity contribution in [1.82, 2.24) is 14.5 Å². The van der Waals surface area contributed by atoms with E-state index in [4.69, 9.17) is 14.2 Å². The number of alkyl carbamates (subject to hydrolysis) is 1. The molecule has 2 aromatic rings. The van der Waals surface area contributed by atoms with Gasteiger partial charge in [0.15, 0.2) is 6.29 Å². The summed E-state index contributed by atoms with van der Waals surface area (Å²) in [7, 11) is -4.15. The van der Waals surface area contributed by atoms with Crippen LogP contribution in [0.1, 0.15) is 52.2 Å². The molecule has 2 fully saturated rings. The van der Waals surface area contributed by atoms with Gasteiger partial charge in [-0.25, -0.2) is 13.2 Å². The molecule has 3 aliphatic heterocycles. The molecule has 12 nitrogen and oxygen atoms in total. The fourth-order valence-electron chi connectivity index (χ4n) is 6.71. The van der Waals surface area contributed by atoms with Gasteiger partial charge in [-0.3, -0.25) is 4.79 Å². The fraction of sp³-hybridized carbons (Fsp3) is 0.543. The van der Waals surface area contributed by atoms with Crippen LogP contribution < -0.4 is 10.6 Å². The third-order valence-corrected chi connectivity index (χ3v) is 11.1. The molecule has 2 amide bonds. The Morgan fingerprint density at radius 1 is 1.10 bits per heavy atom. The van der Waals surface area contributed by atoms with E-state index in [2.05, 4.69) is 15.5 Å². The van der Waals surface area contributed by atoms with Crippen LogP contribution in [0.2, 0.25) is 0 Å². The van der Waals surface area contributed by atoms with Crippen molar-refractivity contribution in [2.75, 3.05) is 44.7 Å². The molecule has 3 aliphatic rings. The highest BCUT2D eigenvalue weighted by atomic mass is 32.2. The zero-order valence-electron chi connectivity index (χ0n) is 28.3. The van der Waals surface area contributed by atoms with E-state index in [0.29, 0.717) is 36.5 Å². The van der Waals surface area contributed by atoms with Gasteiger partial charge >= 0.3 is 6.09 Å². The molecule has 0 aliphatic carbocycles. The maximum atomic E-state index is 14.3. The van der Waals surface area contributed by atoms with Crippen molar-refractivity contribution in [3.05, 3.63) is 65.4 Å². The van der Waals surface area contributed by atoms with Crippen molar-refractivity contribution in [1.29, 1.82) is 0 Å². The first-order valence-electron chi connectivity index (χ1n) is 16.8. The Hall–Kier alpha value is -3.49. The Morgan fingerprint density at radius 2 is 1.83 bits per heavy atom. The third-order valence-electron chi connectivity index (χ3n) is 9.24. The SMILES string of the molecule is CCN(CC)C(C)=C1C(=O)Nc2ccc(S(=O)(=O)N(CC(C)C)CC(O)C(Cc3ccccc3)NC(=O)OC3COC4OCCC34)cc21. The number of ether oxygens (including phenoxy) is 3. The summed E-state index contributed by atoms with van der Waals surface area (Å²) < 4.78 is 46.7. The maximum Gasteiger partial charge on any atom is 0.407 e. The second-order valence-corrected chi connectivity index (χ2v) is 14.9. The smallest absolute Gasteiger partial charge is 0.407 e. The zero-order valence-corrected chi connectivity index (χ0v) is 29.2. The fourth-order valence-corrected chi connectivity index (χ4v) is 8.36. The topological polar surface area (TPSA) is 147 Å². The number of carbonyl (C=O) groups excluding carboxylic acids is 2. The van der Waals surface area contributed by atoms with Crippen molar-refractivity contribution < 1.29 is 37.3 Å². The number of benzene rings is 2. The van der Waals surface area contributed by atoms with E-state index in [1.54, 1.807) is 6.07 Å². The number of sulfonamides is 1. The summed E-state index contributed by atoms with van der Waals surface area (Å²) in [6.45, 7) is 11.7. The molecule has 0 radical (unpaired) electrons. The number of carbonyl (C=O) groups is 2. The predicted octanol–water partition coefficient (Wildman–Crippen LogP) is 3.82. The average Bonchev–Trinajstić information content (AvgIpc) is 3.76. The average molecular weight is 685 g/mol. The molecule has 5 atom stereocenters. The number of allylic oxidation sites excluding steroid dienone is 1. The number of aliphatic hydroxyl groups excluding tert-OH is 1. The van der Waals surface area contributed by atoms with Crippen LogP contribution in [0.25, 0.3) is 5.57 Å². The maximum absolute atomic E-state index is 14.3. The first-order valence-corrected chi connectivity index (χ1v) is 18.2. The van der Waals surface area contributed by atoms with Crippen molar-refractivity contribution in [3.8, 4) is 0 Å². The van der Waals surface area contributed by atoms with Crippen LogP contribution in [0, 0.1) is 11.8 Å². The van der Waals surface area contributed by atoms with E-state index >= 15 is 0 Å². The lowest BCUT2D eigenvalue weighted by Gasteiger charge is -2.31. The van der Waals surface area contributed by atoms with E-state index in [0.717, 1.165) is 17.7 Å². The van der Waals surface area contributed by atoms with E-state index < -0.39 is 34.4 Å². The lowest BCUT2D eigenvalue weighted by atomic mass is 10.0. The van der Waals surface area contributed by atoms with Crippen LogP contribution in [0.5, 0.6) is 0 Å². The Bertz CT molecular complexity index is 1590. The molecule has 0 bridgehead atoms. The Morgan fingerprint density at radius 3 is 2.52 bits per heavy atom. The van der Waals surface area contributed by atoms with Gasteiger partial charge < -0.3 is 34.9 Å². The minimum absolute atomic E-state index is 0.0111. The van der Waals surface area contributed by atoms with Gasteiger partial charge in [-0.1, -0.05) is 44.2 Å².